The maximum Gasteiger partial charge on any atom is 0.435 e. The number of aliphatic hydroxyl groups is 1. The van der Waals surface area contributed by atoms with E-state index in [0.29, 0.717) is 35.5 Å². The van der Waals surface area contributed by atoms with Crippen LogP contribution >= 0.6 is 0 Å². The van der Waals surface area contributed by atoms with Crippen molar-refractivity contribution in [2.24, 2.45) is 0 Å². The molecule has 5 aromatic heterocycles. The maximum absolute atomic E-state index is 13.5. The minimum Gasteiger partial charge on any atom is -0.435 e. The number of fused-ring (bicyclic) bond motifs is 2. The molecule has 0 saturated heterocycles. The van der Waals surface area contributed by atoms with Crippen LogP contribution in [-0.4, -0.2) is 75.3 Å². The second kappa shape index (κ2) is 18.1. The van der Waals surface area contributed by atoms with Crippen LogP contribution in [0.4, 0.5) is 59.6 Å². The number of halogens is 7. The first-order valence-corrected chi connectivity index (χ1v) is 17.9. The van der Waals surface area contributed by atoms with Gasteiger partial charge >= 0.3 is 19.4 Å². The van der Waals surface area contributed by atoms with Crippen molar-refractivity contribution < 1.29 is 45.3 Å². The summed E-state index contributed by atoms with van der Waals surface area (Å²) < 4.78 is 101. The molecule has 8 aromatic rings. The summed E-state index contributed by atoms with van der Waals surface area (Å²) in [6.07, 6.45) is 0.416. The molecule has 4 N–H and O–H groups in total. The Hall–Kier alpha value is -7.62. The molecule has 0 aliphatic carbocycles. The Morgan fingerprint density at radius 3 is 2.02 bits per heavy atom. The molecule has 0 bridgehead atoms. The monoisotopic (exact) mass is 848 g/mol. The molecule has 0 spiro atoms. The van der Waals surface area contributed by atoms with E-state index in [1.807, 2.05) is 35.8 Å². The zero-order valence-electron chi connectivity index (χ0n) is 31.4. The molecule has 5 heterocycles. The van der Waals surface area contributed by atoms with E-state index >= 15 is 0 Å². The highest BCUT2D eigenvalue weighted by Gasteiger charge is 2.39. The quantitative estimate of drug-likeness (QED) is 0.0815. The van der Waals surface area contributed by atoms with Crippen LogP contribution in [0.1, 0.15) is 11.5 Å². The number of nitrogens with zero attached hydrogens (tertiary/aromatic N) is 9. The van der Waals surface area contributed by atoms with E-state index in [4.69, 9.17) is 5.11 Å². The average Bonchev–Trinajstić information content (AvgIpc) is 3.79. The van der Waals surface area contributed by atoms with Crippen LogP contribution in [-0.2, 0) is 6.18 Å². The van der Waals surface area contributed by atoms with E-state index in [-0.39, 0.29) is 41.1 Å². The standard InChI is InChI=1S/C21H20F2N6O2.C18H11F5N6O/c1-13-25-16-4-2-3-5-17(16)29(13)21-27-18(24-10-11-30)12-19(28-21)26-14-6-8-15(9-7-14)31-20(22)23;19-17(20)30-11-3-1-10(2-4-11)26-12-5-6-25-16(27-12)14-15(18(21,22)23)28-13-9-24-7-8-29(13)14/h2-9,12,20,30H,10-11H2,1H3,(H2,24,26,27,28);1-9,17H,(H,25,26,27). The molecule has 0 aliphatic heterocycles. The van der Waals surface area contributed by atoms with Gasteiger partial charge in [0.2, 0.25) is 5.95 Å². The summed E-state index contributed by atoms with van der Waals surface area (Å²) in [7, 11) is 0. The van der Waals surface area contributed by atoms with Gasteiger partial charge in [0, 0.05) is 42.6 Å². The Bertz CT molecular complexity index is 2730. The van der Waals surface area contributed by atoms with Crippen molar-refractivity contribution in [3.63, 3.8) is 0 Å². The number of hydrogen-bond acceptors (Lipinski definition) is 13. The van der Waals surface area contributed by atoms with Gasteiger partial charge < -0.3 is 30.5 Å². The normalized spacial score (nSPS) is 11.5. The summed E-state index contributed by atoms with van der Waals surface area (Å²) in [4.78, 5) is 29.2. The minimum atomic E-state index is -4.73. The third kappa shape index (κ3) is 10.2. The van der Waals surface area contributed by atoms with E-state index in [1.54, 1.807) is 18.2 Å². The number of para-hydroxylation sites is 2. The van der Waals surface area contributed by atoms with Crippen LogP contribution in [0.3, 0.4) is 0 Å². The summed E-state index contributed by atoms with van der Waals surface area (Å²) in [6.45, 7) is -3.69. The second-order valence-corrected chi connectivity index (χ2v) is 12.5. The minimum absolute atomic E-state index is 0.00333. The number of benzene rings is 3. The molecule has 0 saturated carbocycles. The molecule has 0 fully saturated rings. The molecular formula is C39H31F7N12O3. The van der Waals surface area contributed by atoms with E-state index < -0.39 is 25.1 Å². The van der Waals surface area contributed by atoms with Crippen molar-refractivity contribution in [2.45, 2.75) is 26.3 Å². The van der Waals surface area contributed by atoms with Gasteiger partial charge in [0.15, 0.2) is 17.2 Å². The first-order chi connectivity index (χ1) is 29.3. The zero-order chi connectivity index (χ0) is 43.1. The summed E-state index contributed by atoms with van der Waals surface area (Å²) in [5, 5.41) is 18.2. The van der Waals surface area contributed by atoms with Crippen LogP contribution in [0.25, 0.3) is 34.1 Å². The first-order valence-electron chi connectivity index (χ1n) is 17.9. The van der Waals surface area contributed by atoms with Crippen LogP contribution in [0.15, 0.2) is 110 Å². The molecule has 8 rings (SSSR count). The first kappa shape index (κ1) is 41.5. The Morgan fingerprint density at radius 2 is 1.38 bits per heavy atom. The molecule has 0 aliphatic rings. The van der Waals surface area contributed by atoms with Gasteiger partial charge in [-0.3, -0.25) is 14.0 Å². The van der Waals surface area contributed by atoms with Crippen molar-refractivity contribution in [1.29, 1.82) is 0 Å². The van der Waals surface area contributed by atoms with Crippen LogP contribution in [0.2, 0.25) is 0 Å². The van der Waals surface area contributed by atoms with Gasteiger partial charge in [-0.05, 0) is 73.7 Å². The van der Waals surface area contributed by atoms with Gasteiger partial charge in [0.25, 0.3) is 0 Å². The maximum atomic E-state index is 13.5. The predicted octanol–water partition coefficient (Wildman–Crippen LogP) is 8.42. The number of aryl methyl sites for hydroxylation is 1. The average molecular weight is 849 g/mol. The Morgan fingerprint density at radius 1 is 0.738 bits per heavy atom. The van der Waals surface area contributed by atoms with Gasteiger partial charge in [-0.1, -0.05) is 12.1 Å². The molecule has 15 nitrogen and oxygen atoms in total. The molecule has 22 heteroatoms. The van der Waals surface area contributed by atoms with E-state index in [2.05, 4.69) is 60.3 Å². The number of aromatic nitrogens is 9. The highest BCUT2D eigenvalue weighted by atomic mass is 19.4. The van der Waals surface area contributed by atoms with Crippen LogP contribution in [0.5, 0.6) is 11.5 Å². The number of rotatable bonds is 13. The lowest BCUT2D eigenvalue weighted by Crippen LogP contribution is -2.11. The largest absolute Gasteiger partial charge is 0.435 e. The third-order valence-corrected chi connectivity index (χ3v) is 8.33. The number of imidazole rings is 2. The summed E-state index contributed by atoms with van der Waals surface area (Å²) >= 11 is 0. The van der Waals surface area contributed by atoms with Crippen LogP contribution < -0.4 is 25.4 Å². The fourth-order valence-electron chi connectivity index (χ4n) is 5.87. The van der Waals surface area contributed by atoms with Gasteiger partial charge in [0.05, 0.1) is 23.8 Å². The van der Waals surface area contributed by atoms with Gasteiger partial charge in [0.1, 0.15) is 40.5 Å². The third-order valence-electron chi connectivity index (χ3n) is 8.33. The fraction of sp³-hybridized carbons (Fsp3) is 0.154. The zero-order valence-corrected chi connectivity index (χ0v) is 31.4. The number of nitrogens with one attached hydrogen (secondary N) is 3. The smallest absolute Gasteiger partial charge is 0.435 e. The van der Waals surface area contributed by atoms with E-state index in [0.717, 1.165) is 16.9 Å². The van der Waals surface area contributed by atoms with Crippen molar-refractivity contribution >= 4 is 45.5 Å². The number of alkyl halides is 7. The number of anilines is 5. The molecule has 0 unspecified atom stereocenters. The lowest BCUT2D eigenvalue weighted by atomic mass is 10.3. The van der Waals surface area contributed by atoms with E-state index in [1.165, 1.54) is 71.7 Å². The highest BCUT2D eigenvalue weighted by Crippen LogP contribution is 2.36. The highest BCUT2D eigenvalue weighted by molar-refractivity contribution is 5.78. The summed E-state index contributed by atoms with van der Waals surface area (Å²) in [5.41, 5.74) is 1.30. The molecule has 3 aromatic carbocycles. The number of aliphatic hydroxyl groups excluding tert-OH is 1. The van der Waals surface area contributed by atoms with Crippen molar-refractivity contribution in [3.05, 3.63) is 121 Å². The fourth-order valence-corrected chi connectivity index (χ4v) is 5.87. The lowest BCUT2D eigenvalue weighted by molar-refractivity contribution is -0.140. The lowest BCUT2D eigenvalue weighted by Gasteiger charge is -2.13. The number of hydrogen-bond donors (Lipinski definition) is 4. The van der Waals surface area contributed by atoms with E-state index in [9.17, 15) is 30.7 Å². The molecule has 0 atom stereocenters. The van der Waals surface area contributed by atoms with Gasteiger partial charge in [-0.2, -0.15) is 40.7 Å². The molecule has 314 valence electrons. The van der Waals surface area contributed by atoms with Crippen LogP contribution in [0, 0.1) is 6.92 Å². The van der Waals surface area contributed by atoms with Crippen molar-refractivity contribution in [2.75, 3.05) is 29.1 Å². The number of ether oxygens (including phenoxy) is 2. The molecular weight excluding hydrogens is 817 g/mol. The van der Waals surface area contributed by atoms with Crippen molar-refractivity contribution in [3.8, 4) is 29.0 Å². The van der Waals surface area contributed by atoms with Crippen molar-refractivity contribution in [1.82, 2.24) is 43.9 Å². The SMILES string of the molecule is Cc1nc2ccccc2n1-c1nc(NCCO)cc(Nc2ccc(OC(F)F)cc2)n1.FC(F)Oc1ccc(Nc2ccnc(-c3c(C(F)(F)F)nc4cnccn34)n2)cc1. The summed E-state index contributed by atoms with van der Waals surface area (Å²) in [6, 6.07) is 22.5. The van der Waals surface area contributed by atoms with Gasteiger partial charge in [-0.25, -0.2) is 19.9 Å². The Balaban J connectivity index is 0.000000184. The predicted molar refractivity (Wildman–Crippen MR) is 209 cm³/mol. The molecule has 61 heavy (non-hydrogen) atoms. The Kier molecular flexibility index (Phi) is 12.3. The second-order valence-electron chi connectivity index (χ2n) is 12.5. The molecule has 0 amide bonds. The topological polar surface area (TPSA) is 174 Å². The molecule has 0 radical (unpaired) electrons. The summed E-state index contributed by atoms with van der Waals surface area (Å²) in [5.74, 6) is 2.13. The van der Waals surface area contributed by atoms with Gasteiger partial charge in [-0.15, -0.1) is 0 Å². The Labute approximate surface area is 339 Å².